The molecule has 28 heavy (non-hydrogen) atoms. The molecule has 0 saturated carbocycles. The van der Waals surface area contributed by atoms with E-state index in [0.29, 0.717) is 42.6 Å². The lowest BCUT2D eigenvalue weighted by Gasteiger charge is -2.37. The van der Waals surface area contributed by atoms with Crippen LogP contribution in [0, 0.1) is 17.2 Å². The van der Waals surface area contributed by atoms with E-state index in [2.05, 4.69) is 20.9 Å². The number of ether oxygens (including phenoxy) is 1. The number of anilines is 1. The van der Waals surface area contributed by atoms with Crippen LogP contribution in [0.25, 0.3) is 11.4 Å². The SMILES string of the molecule is Cn1c(N2CCO[C@H](C3C=C(C#N)C=CC3)C2)nc(-c2ccncn2)cc1=O. The second-order valence-corrected chi connectivity index (χ2v) is 6.82. The number of nitrogens with zero attached hydrogens (tertiary/aromatic N) is 6. The predicted molar refractivity (Wildman–Crippen MR) is 103 cm³/mol. The Morgan fingerprint density at radius 2 is 2.25 bits per heavy atom. The van der Waals surface area contributed by atoms with Crippen molar-refractivity contribution in [3.63, 3.8) is 0 Å². The highest BCUT2D eigenvalue weighted by Crippen LogP contribution is 2.26. The lowest BCUT2D eigenvalue weighted by molar-refractivity contribution is 0.0138. The maximum Gasteiger partial charge on any atom is 0.255 e. The first-order chi connectivity index (χ1) is 13.7. The first-order valence-corrected chi connectivity index (χ1v) is 9.15. The quantitative estimate of drug-likeness (QED) is 0.800. The summed E-state index contributed by atoms with van der Waals surface area (Å²) in [6.45, 7) is 1.77. The van der Waals surface area contributed by atoms with Crippen molar-refractivity contribution in [2.75, 3.05) is 24.6 Å². The predicted octanol–water partition coefficient (Wildman–Crippen LogP) is 1.47. The summed E-state index contributed by atoms with van der Waals surface area (Å²) in [5.74, 6) is 0.717. The Labute approximate surface area is 162 Å². The normalized spacial score (nSPS) is 21.9. The van der Waals surface area contributed by atoms with Gasteiger partial charge in [0, 0.05) is 43.9 Å². The first kappa shape index (κ1) is 18.1. The van der Waals surface area contributed by atoms with E-state index in [1.807, 2.05) is 18.2 Å². The Bertz CT molecular complexity index is 1020. The van der Waals surface area contributed by atoms with Crippen molar-refractivity contribution in [2.45, 2.75) is 12.5 Å². The summed E-state index contributed by atoms with van der Waals surface area (Å²) in [6, 6.07) is 5.41. The summed E-state index contributed by atoms with van der Waals surface area (Å²) in [5, 5.41) is 9.16. The molecule has 0 bridgehead atoms. The van der Waals surface area contributed by atoms with Crippen LogP contribution in [0.3, 0.4) is 0 Å². The number of hydrogen-bond acceptors (Lipinski definition) is 7. The van der Waals surface area contributed by atoms with Gasteiger partial charge in [-0.15, -0.1) is 0 Å². The van der Waals surface area contributed by atoms with Gasteiger partial charge >= 0.3 is 0 Å². The molecule has 0 spiro atoms. The van der Waals surface area contributed by atoms with Crippen molar-refractivity contribution in [1.82, 2.24) is 19.5 Å². The maximum absolute atomic E-state index is 12.5. The summed E-state index contributed by atoms with van der Waals surface area (Å²) >= 11 is 0. The van der Waals surface area contributed by atoms with Crippen molar-refractivity contribution in [3.8, 4) is 17.5 Å². The third-order valence-corrected chi connectivity index (χ3v) is 5.04. The Balaban J connectivity index is 1.63. The molecule has 1 aliphatic carbocycles. The minimum Gasteiger partial charge on any atom is -0.374 e. The third-order valence-electron chi connectivity index (χ3n) is 5.04. The van der Waals surface area contributed by atoms with E-state index in [9.17, 15) is 4.79 Å². The first-order valence-electron chi connectivity index (χ1n) is 9.15. The van der Waals surface area contributed by atoms with Gasteiger partial charge in [0.1, 0.15) is 6.33 Å². The second-order valence-electron chi connectivity index (χ2n) is 6.82. The molecule has 4 rings (SSSR count). The van der Waals surface area contributed by atoms with Gasteiger partial charge in [0.15, 0.2) is 0 Å². The van der Waals surface area contributed by atoms with E-state index in [-0.39, 0.29) is 17.6 Å². The van der Waals surface area contributed by atoms with Crippen LogP contribution in [0.2, 0.25) is 0 Å². The molecule has 1 aliphatic heterocycles. The number of rotatable bonds is 3. The summed E-state index contributed by atoms with van der Waals surface area (Å²) in [6.07, 6.45) is 9.65. The van der Waals surface area contributed by atoms with Gasteiger partial charge in [0.2, 0.25) is 5.95 Å². The zero-order valence-corrected chi connectivity index (χ0v) is 15.5. The molecule has 8 nitrogen and oxygen atoms in total. The highest BCUT2D eigenvalue weighted by Gasteiger charge is 2.29. The standard InChI is InChI=1S/C20H20N6O2/c1-25-19(27)10-17(16-5-6-22-13-23-16)24-20(25)26-7-8-28-18(12-26)15-4-2-3-14(9-15)11-21/h2-3,5-6,9-10,13,15,18H,4,7-8,12H2,1H3/t15?,18-/m0/s1. The van der Waals surface area contributed by atoms with Crippen molar-refractivity contribution >= 4 is 5.95 Å². The summed E-state index contributed by atoms with van der Waals surface area (Å²) in [4.78, 5) is 27.4. The van der Waals surface area contributed by atoms with Crippen LogP contribution < -0.4 is 10.5 Å². The number of hydrogen-bond donors (Lipinski definition) is 0. The minimum atomic E-state index is -0.145. The van der Waals surface area contributed by atoms with E-state index < -0.39 is 0 Å². The van der Waals surface area contributed by atoms with E-state index >= 15 is 0 Å². The molecule has 2 aliphatic rings. The van der Waals surface area contributed by atoms with Gasteiger partial charge in [-0.3, -0.25) is 9.36 Å². The van der Waals surface area contributed by atoms with E-state index in [1.54, 1.807) is 23.9 Å². The topological polar surface area (TPSA) is 96.9 Å². The van der Waals surface area contributed by atoms with Crippen LogP contribution in [-0.4, -0.2) is 45.3 Å². The second kappa shape index (κ2) is 7.74. The van der Waals surface area contributed by atoms with Crippen LogP contribution >= 0.6 is 0 Å². The van der Waals surface area contributed by atoms with Gasteiger partial charge < -0.3 is 9.64 Å². The largest absolute Gasteiger partial charge is 0.374 e. The Morgan fingerprint density at radius 3 is 3.04 bits per heavy atom. The summed E-state index contributed by atoms with van der Waals surface area (Å²) in [5.41, 5.74) is 1.65. The fraction of sp³-hybridized carbons (Fsp3) is 0.350. The van der Waals surface area contributed by atoms with E-state index in [0.717, 1.165) is 6.42 Å². The summed E-state index contributed by atoms with van der Waals surface area (Å²) in [7, 11) is 1.72. The maximum atomic E-state index is 12.5. The van der Waals surface area contributed by atoms with Gasteiger partial charge in [-0.05, 0) is 18.6 Å². The molecular weight excluding hydrogens is 356 g/mol. The fourth-order valence-corrected chi connectivity index (χ4v) is 3.54. The van der Waals surface area contributed by atoms with Gasteiger partial charge in [0.25, 0.3) is 5.56 Å². The molecule has 0 N–H and O–H groups in total. The summed E-state index contributed by atoms with van der Waals surface area (Å²) < 4.78 is 7.53. The van der Waals surface area contributed by atoms with E-state index in [4.69, 9.17) is 15.0 Å². The van der Waals surface area contributed by atoms with E-state index in [1.165, 1.54) is 12.4 Å². The zero-order valence-electron chi connectivity index (χ0n) is 15.5. The van der Waals surface area contributed by atoms with Crippen LogP contribution in [-0.2, 0) is 11.8 Å². The molecule has 3 heterocycles. The van der Waals surface area contributed by atoms with Crippen LogP contribution in [0.5, 0.6) is 0 Å². The molecule has 8 heteroatoms. The number of morpholine rings is 1. The molecule has 2 aromatic heterocycles. The molecule has 0 radical (unpaired) electrons. The highest BCUT2D eigenvalue weighted by atomic mass is 16.5. The van der Waals surface area contributed by atoms with Gasteiger partial charge in [0.05, 0.1) is 30.2 Å². The van der Waals surface area contributed by atoms with Crippen LogP contribution in [0.4, 0.5) is 5.95 Å². The van der Waals surface area contributed by atoms with Crippen molar-refractivity contribution in [2.24, 2.45) is 13.0 Å². The van der Waals surface area contributed by atoms with Crippen molar-refractivity contribution < 1.29 is 4.74 Å². The molecular formula is C20H20N6O2. The zero-order chi connectivity index (χ0) is 19.5. The van der Waals surface area contributed by atoms with Gasteiger partial charge in [-0.1, -0.05) is 12.2 Å². The average molecular weight is 376 g/mol. The molecule has 1 unspecified atom stereocenters. The number of aromatic nitrogens is 4. The number of nitriles is 1. The van der Waals surface area contributed by atoms with Gasteiger partial charge in [-0.25, -0.2) is 15.0 Å². The van der Waals surface area contributed by atoms with Crippen LogP contribution in [0.1, 0.15) is 6.42 Å². The fourth-order valence-electron chi connectivity index (χ4n) is 3.54. The lowest BCUT2D eigenvalue weighted by Crippen LogP contribution is -2.47. The smallest absolute Gasteiger partial charge is 0.255 e. The van der Waals surface area contributed by atoms with Crippen LogP contribution in [0.15, 0.2) is 53.3 Å². The van der Waals surface area contributed by atoms with Crippen molar-refractivity contribution in [3.05, 3.63) is 58.8 Å². The monoisotopic (exact) mass is 376 g/mol. The Kier molecular flexibility index (Phi) is 5.00. The Hall–Kier alpha value is -3.31. The van der Waals surface area contributed by atoms with Gasteiger partial charge in [-0.2, -0.15) is 5.26 Å². The highest BCUT2D eigenvalue weighted by molar-refractivity contribution is 5.55. The lowest BCUT2D eigenvalue weighted by atomic mass is 9.91. The Morgan fingerprint density at radius 1 is 1.36 bits per heavy atom. The molecule has 1 saturated heterocycles. The molecule has 0 amide bonds. The third kappa shape index (κ3) is 3.57. The molecule has 2 atom stereocenters. The molecule has 0 aromatic carbocycles. The minimum absolute atomic E-state index is 0.0679. The molecule has 142 valence electrons. The van der Waals surface area contributed by atoms with Crippen molar-refractivity contribution in [1.29, 1.82) is 5.26 Å². The molecule has 2 aromatic rings. The average Bonchev–Trinajstić information content (AvgIpc) is 2.76. The molecule has 1 fully saturated rings. The number of allylic oxidation sites excluding steroid dienone is 3.